The molecule has 28 heavy (non-hydrogen) atoms. The summed E-state index contributed by atoms with van der Waals surface area (Å²) >= 11 is -1.16. The van der Waals surface area contributed by atoms with Crippen molar-refractivity contribution in [2.45, 2.75) is 24.2 Å². The molecule has 1 saturated heterocycles. The van der Waals surface area contributed by atoms with Gasteiger partial charge in [0.15, 0.2) is 4.90 Å². The van der Waals surface area contributed by atoms with Gasteiger partial charge in [0.1, 0.15) is 5.75 Å². The number of carbonyl (C=O) groups excluding carboxylic acids is 1. The molecule has 146 valence electrons. The van der Waals surface area contributed by atoms with E-state index in [0.29, 0.717) is 22.8 Å². The monoisotopic (exact) mass is 398 g/mol. The summed E-state index contributed by atoms with van der Waals surface area (Å²) < 4.78 is 12.6. The van der Waals surface area contributed by atoms with Gasteiger partial charge in [-0.2, -0.15) is 0 Å². The number of rotatable bonds is 3. The number of carboxylic acids is 1. The van der Waals surface area contributed by atoms with Crippen LogP contribution in [-0.4, -0.2) is 51.8 Å². The van der Waals surface area contributed by atoms with E-state index in [1.165, 1.54) is 0 Å². The molecule has 0 saturated carbocycles. The Balaban J connectivity index is 1.64. The van der Waals surface area contributed by atoms with Crippen LogP contribution in [0.5, 0.6) is 0 Å². The molecule has 7 heteroatoms. The Hall–Kier alpha value is -2.51. The van der Waals surface area contributed by atoms with E-state index in [0.717, 1.165) is 43.7 Å². The molecule has 1 fully saturated rings. The first-order chi connectivity index (χ1) is 13.5. The number of piperidine rings is 1. The maximum Gasteiger partial charge on any atom is 0.335 e. The Labute approximate surface area is 166 Å². The van der Waals surface area contributed by atoms with Crippen LogP contribution in [0.25, 0.3) is 0 Å². The first-order valence-corrected chi connectivity index (χ1v) is 10.8. The quantitative estimate of drug-likeness (QED) is 0.802. The lowest BCUT2D eigenvalue weighted by atomic mass is 10.1. The van der Waals surface area contributed by atoms with Crippen molar-refractivity contribution < 1.29 is 19.2 Å². The SMILES string of the molecule is O=C(O)c1ccc(N2CC[S+]([O-])c3cc(C(=O)N4CCCCC4)ccc32)cc1. The number of nitrogens with zero attached hydrogens (tertiary/aromatic N) is 2. The molecule has 2 aliphatic rings. The van der Waals surface area contributed by atoms with Crippen molar-refractivity contribution in [3.05, 3.63) is 53.6 Å². The number of fused-ring (bicyclic) bond motifs is 1. The summed E-state index contributed by atoms with van der Waals surface area (Å²) in [5.41, 5.74) is 2.46. The van der Waals surface area contributed by atoms with Crippen LogP contribution in [0.2, 0.25) is 0 Å². The Kier molecular flexibility index (Phi) is 5.28. The molecule has 0 aromatic heterocycles. The van der Waals surface area contributed by atoms with Crippen LogP contribution in [0, 0.1) is 0 Å². The minimum absolute atomic E-state index is 0.00225. The minimum atomic E-state index is -1.16. The molecule has 1 unspecified atom stereocenters. The van der Waals surface area contributed by atoms with E-state index < -0.39 is 17.1 Å². The predicted octanol–water partition coefficient (Wildman–Crippen LogP) is 3.27. The third-order valence-corrected chi connectivity index (χ3v) is 6.68. The van der Waals surface area contributed by atoms with Gasteiger partial charge in [-0.3, -0.25) is 4.79 Å². The van der Waals surface area contributed by atoms with E-state index in [9.17, 15) is 14.1 Å². The van der Waals surface area contributed by atoms with Crippen molar-refractivity contribution in [2.75, 3.05) is 30.3 Å². The zero-order valence-electron chi connectivity index (χ0n) is 15.5. The van der Waals surface area contributed by atoms with Crippen molar-refractivity contribution in [3.63, 3.8) is 0 Å². The fraction of sp³-hybridized carbons (Fsp3) is 0.333. The Morgan fingerprint density at radius 1 is 0.929 bits per heavy atom. The van der Waals surface area contributed by atoms with E-state index >= 15 is 0 Å². The van der Waals surface area contributed by atoms with Crippen LogP contribution in [0.1, 0.15) is 40.0 Å². The number of amides is 1. The second-order valence-corrected chi connectivity index (χ2v) is 8.63. The fourth-order valence-corrected chi connectivity index (χ4v) is 5.03. The van der Waals surface area contributed by atoms with Crippen LogP contribution in [0.4, 0.5) is 11.4 Å². The van der Waals surface area contributed by atoms with Crippen LogP contribution in [0.3, 0.4) is 0 Å². The van der Waals surface area contributed by atoms with Gasteiger partial charge in [0, 0.05) is 30.4 Å². The fourth-order valence-electron chi connectivity index (χ4n) is 3.79. The molecule has 2 aliphatic heterocycles. The zero-order chi connectivity index (χ0) is 19.7. The average Bonchev–Trinajstić information content (AvgIpc) is 2.74. The van der Waals surface area contributed by atoms with Gasteiger partial charge in [-0.15, -0.1) is 0 Å². The molecule has 0 spiro atoms. The number of aromatic carboxylic acids is 1. The smallest absolute Gasteiger partial charge is 0.335 e. The molecule has 1 N–H and O–H groups in total. The maximum absolute atomic E-state index is 12.8. The zero-order valence-corrected chi connectivity index (χ0v) is 16.3. The first-order valence-electron chi connectivity index (χ1n) is 9.47. The van der Waals surface area contributed by atoms with Crippen LogP contribution in [-0.2, 0) is 11.2 Å². The van der Waals surface area contributed by atoms with Gasteiger partial charge >= 0.3 is 5.97 Å². The van der Waals surface area contributed by atoms with Crippen LogP contribution < -0.4 is 4.90 Å². The Morgan fingerprint density at radius 2 is 1.61 bits per heavy atom. The molecular weight excluding hydrogens is 376 g/mol. The molecule has 2 aromatic rings. The summed E-state index contributed by atoms with van der Waals surface area (Å²) in [5.74, 6) is -0.496. The van der Waals surface area contributed by atoms with Crippen molar-refractivity contribution >= 4 is 34.4 Å². The molecule has 1 amide bonds. The Bertz CT molecular complexity index is 894. The van der Waals surface area contributed by atoms with Crippen LogP contribution in [0.15, 0.2) is 47.4 Å². The van der Waals surface area contributed by atoms with Crippen LogP contribution >= 0.6 is 0 Å². The van der Waals surface area contributed by atoms with E-state index in [1.807, 2.05) is 15.9 Å². The highest BCUT2D eigenvalue weighted by atomic mass is 32.2. The van der Waals surface area contributed by atoms with E-state index in [4.69, 9.17) is 5.11 Å². The summed E-state index contributed by atoms with van der Waals surface area (Å²) in [6.07, 6.45) is 3.22. The highest BCUT2D eigenvalue weighted by Gasteiger charge is 2.30. The standard InChI is InChI=1S/C21H22N2O4S/c24-20(22-10-2-1-3-11-22)16-6-9-18-19(14-16)28(27)13-12-23(18)17-7-4-15(5-8-17)21(25)26/h4-9,14H,1-3,10-13H2,(H,25,26). The molecule has 1 atom stereocenters. The van der Waals surface area contributed by atoms with E-state index in [1.54, 1.807) is 36.4 Å². The molecule has 0 aliphatic carbocycles. The lowest BCUT2D eigenvalue weighted by molar-refractivity contribution is 0.0694. The summed E-state index contributed by atoms with van der Waals surface area (Å²) in [5, 5.41) is 9.08. The molecule has 4 rings (SSSR count). The summed E-state index contributed by atoms with van der Waals surface area (Å²) in [4.78, 5) is 28.4. The van der Waals surface area contributed by atoms with Gasteiger partial charge in [0.05, 0.1) is 17.8 Å². The van der Waals surface area contributed by atoms with Gasteiger partial charge in [-0.05, 0) is 66.8 Å². The molecule has 2 aromatic carbocycles. The minimum Gasteiger partial charge on any atom is -0.611 e. The topological polar surface area (TPSA) is 83.9 Å². The van der Waals surface area contributed by atoms with Gasteiger partial charge in [-0.1, -0.05) is 0 Å². The summed E-state index contributed by atoms with van der Waals surface area (Å²) in [6.45, 7) is 2.13. The first kappa shape index (κ1) is 18.8. The number of carbonyl (C=O) groups is 2. The number of hydrogen-bond acceptors (Lipinski definition) is 4. The maximum atomic E-state index is 12.8. The van der Waals surface area contributed by atoms with Crippen molar-refractivity contribution in [2.24, 2.45) is 0 Å². The highest BCUT2D eigenvalue weighted by molar-refractivity contribution is 7.91. The van der Waals surface area contributed by atoms with Gasteiger partial charge < -0.3 is 19.5 Å². The second-order valence-electron chi connectivity index (χ2n) is 7.09. The number of likely N-dealkylation sites (tertiary alicyclic amines) is 1. The molecule has 6 nitrogen and oxygen atoms in total. The largest absolute Gasteiger partial charge is 0.611 e. The number of benzene rings is 2. The molecule has 0 radical (unpaired) electrons. The number of anilines is 2. The van der Waals surface area contributed by atoms with Gasteiger partial charge in [-0.25, -0.2) is 4.79 Å². The normalized spacial score (nSPS) is 19.2. The molecule has 0 bridgehead atoms. The Morgan fingerprint density at radius 3 is 2.29 bits per heavy atom. The molecular formula is C21H22N2O4S. The lowest BCUT2D eigenvalue weighted by Gasteiger charge is -2.32. The lowest BCUT2D eigenvalue weighted by Crippen LogP contribution is -2.36. The third kappa shape index (κ3) is 3.59. The van der Waals surface area contributed by atoms with E-state index in [2.05, 4.69) is 0 Å². The van der Waals surface area contributed by atoms with E-state index in [-0.39, 0.29) is 11.5 Å². The van der Waals surface area contributed by atoms with Crippen molar-refractivity contribution in [1.82, 2.24) is 4.90 Å². The number of hydrogen-bond donors (Lipinski definition) is 1. The second kappa shape index (κ2) is 7.85. The summed E-state index contributed by atoms with van der Waals surface area (Å²) in [7, 11) is 0. The molecule has 2 heterocycles. The van der Waals surface area contributed by atoms with Gasteiger partial charge in [0.25, 0.3) is 5.91 Å². The van der Waals surface area contributed by atoms with Gasteiger partial charge in [0.2, 0.25) is 0 Å². The highest BCUT2D eigenvalue weighted by Crippen LogP contribution is 2.36. The van der Waals surface area contributed by atoms with Crippen molar-refractivity contribution in [1.29, 1.82) is 0 Å². The summed E-state index contributed by atoms with van der Waals surface area (Å²) in [6, 6.07) is 12.1. The number of carboxylic acid groups (broad SMARTS) is 1. The van der Waals surface area contributed by atoms with Crippen molar-refractivity contribution in [3.8, 4) is 0 Å². The predicted molar refractivity (Wildman–Crippen MR) is 108 cm³/mol. The average molecular weight is 398 g/mol. The third-order valence-electron chi connectivity index (χ3n) is 5.31.